The topological polar surface area (TPSA) is 38.6 Å². The number of aromatic nitrogens is 2. The molecular weight excluding hydrogens is 274 g/mol. The second kappa shape index (κ2) is 6.29. The van der Waals surface area contributed by atoms with Crippen molar-refractivity contribution in [1.29, 1.82) is 0 Å². The minimum absolute atomic E-state index is 0.0612. The number of hydrogen-bond acceptors (Lipinski definition) is 3. The number of ether oxygens (including phenoxy) is 1. The Kier molecular flexibility index (Phi) is 4.81. The Morgan fingerprint density at radius 1 is 1.09 bits per heavy atom. The van der Waals surface area contributed by atoms with E-state index in [1.54, 1.807) is 0 Å². The van der Waals surface area contributed by atoms with Crippen molar-refractivity contribution in [1.82, 2.24) is 14.7 Å². The van der Waals surface area contributed by atoms with Crippen LogP contribution in [0, 0.1) is 0 Å². The first-order valence-electron chi connectivity index (χ1n) is 8.02. The first-order valence-corrected chi connectivity index (χ1v) is 8.02. The smallest absolute Gasteiger partial charge is 0.137 e. The number of rotatable bonds is 5. The van der Waals surface area contributed by atoms with E-state index < -0.39 is 0 Å². The van der Waals surface area contributed by atoms with Crippen molar-refractivity contribution in [3.8, 4) is 5.75 Å². The summed E-state index contributed by atoms with van der Waals surface area (Å²) in [5.41, 5.74) is 2.29. The summed E-state index contributed by atoms with van der Waals surface area (Å²) in [5.74, 6) is 0.890. The van der Waals surface area contributed by atoms with Crippen LogP contribution in [0.25, 0.3) is 5.65 Å². The fraction of sp³-hybridized carbons (Fsp3) is 0.611. The summed E-state index contributed by atoms with van der Waals surface area (Å²) in [7, 11) is 0. The molecule has 0 spiro atoms. The molecule has 0 unspecified atom stereocenters. The third kappa shape index (κ3) is 4.73. The van der Waals surface area contributed by atoms with Crippen LogP contribution in [-0.2, 0) is 5.41 Å². The fourth-order valence-corrected chi connectivity index (χ4v) is 2.14. The number of nitrogens with zero attached hydrogens (tertiary/aromatic N) is 2. The maximum absolute atomic E-state index is 5.84. The summed E-state index contributed by atoms with van der Waals surface area (Å²) in [5, 5.41) is 3.46. The van der Waals surface area contributed by atoms with Crippen LogP contribution in [0.5, 0.6) is 5.75 Å². The quantitative estimate of drug-likeness (QED) is 0.854. The van der Waals surface area contributed by atoms with Crippen LogP contribution in [0.2, 0.25) is 0 Å². The summed E-state index contributed by atoms with van der Waals surface area (Å²) in [6, 6.07) is 4.00. The summed E-state index contributed by atoms with van der Waals surface area (Å²) < 4.78 is 7.88. The van der Waals surface area contributed by atoms with E-state index >= 15 is 0 Å². The molecule has 1 N–H and O–H groups in total. The predicted molar refractivity (Wildman–Crippen MR) is 91.8 cm³/mol. The van der Waals surface area contributed by atoms with Gasteiger partial charge in [-0.05, 0) is 45.9 Å². The van der Waals surface area contributed by atoms with E-state index in [-0.39, 0.29) is 11.0 Å². The lowest BCUT2D eigenvalue weighted by molar-refractivity contribution is 0.297. The normalized spacial score (nSPS) is 12.8. The van der Waals surface area contributed by atoms with E-state index in [9.17, 15) is 0 Å². The molecule has 2 aromatic heterocycles. The number of pyridine rings is 1. The van der Waals surface area contributed by atoms with Crippen molar-refractivity contribution < 1.29 is 4.74 Å². The maximum Gasteiger partial charge on any atom is 0.137 e. The Balaban J connectivity index is 1.93. The molecule has 122 valence electrons. The van der Waals surface area contributed by atoms with Crippen molar-refractivity contribution in [3.63, 3.8) is 0 Å². The third-order valence-electron chi connectivity index (χ3n) is 3.44. The third-order valence-corrected chi connectivity index (χ3v) is 3.44. The van der Waals surface area contributed by atoms with E-state index in [1.165, 1.54) is 0 Å². The molecule has 0 saturated heterocycles. The molecule has 2 aromatic rings. The van der Waals surface area contributed by atoms with Crippen molar-refractivity contribution in [2.75, 3.05) is 13.2 Å². The van der Waals surface area contributed by atoms with Crippen molar-refractivity contribution >= 4 is 5.65 Å². The maximum atomic E-state index is 5.84. The van der Waals surface area contributed by atoms with Crippen molar-refractivity contribution in [2.24, 2.45) is 0 Å². The van der Waals surface area contributed by atoms with E-state index in [1.807, 2.05) is 22.7 Å². The molecule has 4 nitrogen and oxygen atoms in total. The lowest BCUT2D eigenvalue weighted by Crippen LogP contribution is -2.36. The Bertz CT molecular complexity index is 617. The van der Waals surface area contributed by atoms with Crippen molar-refractivity contribution in [3.05, 3.63) is 30.2 Å². The minimum Gasteiger partial charge on any atom is -0.492 e. The monoisotopic (exact) mass is 303 g/mol. The van der Waals surface area contributed by atoms with Gasteiger partial charge in [-0.2, -0.15) is 0 Å². The first-order chi connectivity index (χ1) is 10.1. The largest absolute Gasteiger partial charge is 0.492 e. The van der Waals surface area contributed by atoms with Gasteiger partial charge >= 0.3 is 0 Å². The highest BCUT2D eigenvalue weighted by Crippen LogP contribution is 2.23. The zero-order valence-corrected chi connectivity index (χ0v) is 14.7. The van der Waals surface area contributed by atoms with Crippen LogP contribution in [0.4, 0.5) is 0 Å². The molecule has 0 amide bonds. The Labute approximate surface area is 133 Å². The summed E-state index contributed by atoms with van der Waals surface area (Å²) in [6.45, 7) is 14.7. The van der Waals surface area contributed by atoms with Gasteiger partial charge in [0, 0.05) is 17.2 Å². The zero-order valence-electron chi connectivity index (χ0n) is 14.7. The van der Waals surface area contributed by atoms with Gasteiger partial charge in [-0.3, -0.25) is 0 Å². The van der Waals surface area contributed by atoms with E-state index in [0.29, 0.717) is 0 Å². The highest BCUT2D eigenvalue weighted by molar-refractivity contribution is 5.44. The van der Waals surface area contributed by atoms with Gasteiger partial charge in [-0.1, -0.05) is 20.8 Å². The Hall–Kier alpha value is -1.55. The molecule has 0 aliphatic rings. The van der Waals surface area contributed by atoms with Crippen molar-refractivity contribution in [2.45, 2.75) is 58.9 Å². The molecule has 0 bridgehead atoms. The lowest BCUT2D eigenvalue weighted by Gasteiger charge is -2.20. The highest BCUT2D eigenvalue weighted by atomic mass is 16.5. The fourth-order valence-electron chi connectivity index (χ4n) is 2.14. The summed E-state index contributed by atoms with van der Waals surface area (Å²) in [6.07, 6.45) is 5.09. The van der Waals surface area contributed by atoms with Crippen LogP contribution in [-0.4, -0.2) is 28.1 Å². The van der Waals surface area contributed by atoms with Crippen LogP contribution >= 0.6 is 0 Å². The van der Waals surface area contributed by atoms with Crippen LogP contribution in [0.15, 0.2) is 24.5 Å². The average Bonchev–Trinajstić information content (AvgIpc) is 2.80. The van der Waals surface area contributed by atoms with Gasteiger partial charge in [0.2, 0.25) is 0 Å². The van der Waals surface area contributed by atoms with Gasteiger partial charge < -0.3 is 14.5 Å². The van der Waals surface area contributed by atoms with Gasteiger partial charge in [-0.25, -0.2) is 4.98 Å². The number of nitrogens with one attached hydrogen (secondary N) is 1. The lowest BCUT2D eigenvalue weighted by atomic mass is 9.93. The van der Waals surface area contributed by atoms with Crippen LogP contribution < -0.4 is 10.1 Å². The number of hydrogen-bond donors (Lipinski definition) is 1. The van der Waals surface area contributed by atoms with E-state index in [0.717, 1.165) is 36.7 Å². The highest BCUT2D eigenvalue weighted by Gasteiger charge is 2.17. The number of fused-ring (bicyclic) bond motifs is 1. The average molecular weight is 303 g/mol. The molecule has 0 aromatic carbocycles. The van der Waals surface area contributed by atoms with E-state index in [4.69, 9.17) is 4.74 Å². The molecule has 0 radical (unpaired) electrons. The zero-order chi connectivity index (χ0) is 16.4. The summed E-state index contributed by atoms with van der Waals surface area (Å²) in [4.78, 5) is 4.66. The molecule has 22 heavy (non-hydrogen) atoms. The van der Waals surface area contributed by atoms with Gasteiger partial charge in [0.15, 0.2) is 0 Å². The minimum atomic E-state index is 0.0612. The summed E-state index contributed by atoms with van der Waals surface area (Å²) >= 11 is 0. The van der Waals surface area contributed by atoms with Gasteiger partial charge in [0.1, 0.15) is 11.4 Å². The van der Waals surface area contributed by atoms with Crippen LogP contribution in [0.1, 0.15) is 53.7 Å². The Morgan fingerprint density at radius 2 is 1.82 bits per heavy atom. The molecular formula is C18H29N3O. The molecule has 4 heteroatoms. The molecule has 0 atom stereocenters. The first kappa shape index (κ1) is 16.8. The predicted octanol–water partition coefficient (Wildman–Crippen LogP) is 3.79. The molecule has 0 fully saturated rings. The standard InChI is InChI=1S/C18H29N3O/c1-17(2,3)15-13-21-12-14(8-9-16(21)20-15)22-11-7-10-19-18(4,5)6/h8-9,12-13,19H,7,10-11H2,1-6H3. The van der Waals surface area contributed by atoms with Crippen LogP contribution in [0.3, 0.4) is 0 Å². The second-order valence-electron chi connectivity index (χ2n) is 7.89. The van der Waals surface area contributed by atoms with E-state index in [2.05, 4.69) is 58.0 Å². The molecule has 0 aliphatic heterocycles. The molecule has 2 rings (SSSR count). The number of imidazole rings is 1. The SMILES string of the molecule is CC(C)(C)NCCCOc1ccc2nc(C(C)(C)C)cn2c1. The molecule has 0 saturated carbocycles. The Morgan fingerprint density at radius 3 is 2.45 bits per heavy atom. The second-order valence-corrected chi connectivity index (χ2v) is 7.89. The van der Waals surface area contributed by atoms with Gasteiger partial charge in [-0.15, -0.1) is 0 Å². The van der Waals surface area contributed by atoms with Gasteiger partial charge in [0.25, 0.3) is 0 Å². The molecule has 0 aliphatic carbocycles. The van der Waals surface area contributed by atoms with Gasteiger partial charge in [0.05, 0.1) is 18.5 Å². The molecule has 2 heterocycles.